The van der Waals surface area contributed by atoms with Gasteiger partial charge in [-0.3, -0.25) is 4.79 Å². The quantitative estimate of drug-likeness (QED) is 0.333. The van der Waals surface area contributed by atoms with E-state index >= 15 is 0 Å². The molecule has 5 nitrogen and oxygen atoms in total. The second-order valence-electron chi connectivity index (χ2n) is 6.80. The van der Waals surface area contributed by atoms with E-state index in [-0.39, 0.29) is 5.91 Å². The highest BCUT2D eigenvalue weighted by Crippen LogP contribution is 2.07. The molecule has 1 atom stereocenters. The van der Waals surface area contributed by atoms with Crippen LogP contribution in [0.2, 0.25) is 0 Å². The Balaban J connectivity index is 1.59. The summed E-state index contributed by atoms with van der Waals surface area (Å²) in [5.74, 6) is -0.930. The molecule has 0 fully saturated rings. The van der Waals surface area contributed by atoms with E-state index in [2.05, 4.69) is 10.5 Å². The molecular weight excluding hydrogens is 376 g/mol. The van der Waals surface area contributed by atoms with Gasteiger partial charge < -0.3 is 10.2 Å². The number of hydrogen-bond donors (Lipinski definition) is 1. The van der Waals surface area contributed by atoms with E-state index in [1.807, 2.05) is 66.7 Å². The van der Waals surface area contributed by atoms with Crippen LogP contribution >= 0.6 is 0 Å². The van der Waals surface area contributed by atoms with Crippen molar-refractivity contribution in [1.82, 2.24) is 5.32 Å². The fraction of sp³-hybridized carbons (Fsp3) is 0.160. The van der Waals surface area contributed by atoms with Gasteiger partial charge in [0.2, 0.25) is 0 Å². The van der Waals surface area contributed by atoms with Crippen LogP contribution in [0.25, 0.3) is 0 Å². The molecule has 0 aliphatic rings. The standard InChI is InChI=1S/C25H24N2O3/c28-24(22-16-8-3-9-17-22)27-23(19-21-13-6-2-7-14-21)25(29)30-26-18-10-15-20-11-4-1-5-12-20/h1-9,11-14,16-18,23H,10,15,19H2,(H,27,28)/b26-18-/t23-/m0/s1. The van der Waals surface area contributed by atoms with Gasteiger partial charge in [0.1, 0.15) is 6.04 Å². The first-order valence-corrected chi connectivity index (χ1v) is 9.89. The van der Waals surface area contributed by atoms with Crippen molar-refractivity contribution in [1.29, 1.82) is 0 Å². The number of oxime groups is 1. The lowest BCUT2D eigenvalue weighted by Crippen LogP contribution is -2.43. The minimum absolute atomic E-state index is 0.317. The molecule has 1 amide bonds. The Labute approximate surface area is 176 Å². The van der Waals surface area contributed by atoms with Gasteiger partial charge in [-0.2, -0.15) is 0 Å². The van der Waals surface area contributed by atoms with Gasteiger partial charge in [-0.05, 0) is 36.1 Å². The highest BCUT2D eigenvalue weighted by Gasteiger charge is 2.23. The third-order valence-electron chi connectivity index (χ3n) is 4.53. The zero-order valence-corrected chi connectivity index (χ0v) is 16.6. The summed E-state index contributed by atoms with van der Waals surface area (Å²) >= 11 is 0. The first kappa shape index (κ1) is 21.0. The molecule has 0 saturated carbocycles. The molecule has 1 N–H and O–H groups in total. The Morgan fingerprint density at radius 1 is 0.833 bits per heavy atom. The number of nitrogens with one attached hydrogen (secondary N) is 1. The first-order valence-electron chi connectivity index (χ1n) is 9.89. The van der Waals surface area contributed by atoms with Gasteiger partial charge in [0.15, 0.2) is 0 Å². The van der Waals surface area contributed by atoms with Crippen LogP contribution in [0.1, 0.15) is 27.9 Å². The maximum Gasteiger partial charge on any atom is 0.357 e. The number of nitrogens with zero attached hydrogens (tertiary/aromatic N) is 1. The highest BCUT2D eigenvalue weighted by atomic mass is 16.7. The molecule has 0 spiro atoms. The van der Waals surface area contributed by atoms with Crippen LogP contribution in [-0.2, 0) is 22.5 Å². The summed E-state index contributed by atoms with van der Waals surface area (Å²) in [5.41, 5.74) is 2.59. The minimum atomic E-state index is -0.841. The molecule has 152 valence electrons. The minimum Gasteiger partial charge on any atom is -0.338 e. The van der Waals surface area contributed by atoms with Crippen LogP contribution in [0.4, 0.5) is 0 Å². The van der Waals surface area contributed by atoms with E-state index in [0.717, 1.165) is 12.0 Å². The van der Waals surface area contributed by atoms with Crippen LogP contribution < -0.4 is 5.32 Å². The number of amides is 1. The van der Waals surface area contributed by atoms with Gasteiger partial charge in [-0.15, -0.1) is 0 Å². The van der Waals surface area contributed by atoms with E-state index in [4.69, 9.17) is 4.84 Å². The van der Waals surface area contributed by atoms with Crippen molar-refractivity contribution < 1.29 is 14.4 Å². The molecule has 0 aliphatic heterocycles. The van der Waals surface area contributed by atoms with Crippen molar-refractivity contribution in [3.05, 3.63) is 108 Å². The SMILES string of the molecule is O=C(N[C@@H](Cc1ccccc1)C(=O)O/N=C\CCc1ccccc1)c1ccccc1. The summed E-state index contributed by atoms with van der Waals surface area (Å²) in [6, 6.07) is 27.4. The van der Waals surface area contributed by atoms with Gasteiger partial charge in [0, 0.05) is 18.2 Å². The lowest BCUT2D eigenvalue weighted by molar-refractivity contribution is -0.145. The third-order valence-corrected chi connectivity index (χ3v) is 4.53. The van der Waals surface area contributed by atoms with Crippen LogP contribution in [0, 0.1) is 0 Å². The highest BCUT2D eigenvalue weighted by molar-refractivity contribution is 5.96. The number of aryl methyl sites for hydroxylation is 1. The molecule has 5 heteroatoms. The molecule has 3 aromatic rings. The second-order valence-corrected chi connectivity index (χ2v) is 6.80. The Morgan fingerprint density at radius 3 is 2.03 bits per heavy atom. The van der Waals surface area contributed by atoms with Crippen molar-refractivity contribution in [2.75, 3.05) is 0 Å². The number of rotatable bonds is 9. The molecule has 0 unspecified atom stereocenters. The van der Waals surface area contributed by atoms with Crippen molar-refractivity contribution in [2.45, 2.75) is 25.3 Å². The Bertz CT molecular complexity index is 957. The van der Waals surface area contributed by atoms with Crippen molar-refractivity contribution >= 4 is 18.1 Å². The molecule has 30 heavy (non-hydrogen) atoms. The zero-order chi connectivity index (χ0) is 21.0. The lowest BCUT2D eigenvalue weighted by atomic mass is 10.1. The fourth-order valence-electron chi connectivity index (χ4n) is 2.96. The predicted molar refractivity (Wildman–Crippen MR) is 117 cm³/mol. The van der Waals surface area contributed by atoms with Crippen molar-refractivity contribution in [2.24, 2.45) is 5.16 Å². The molecule has 0 bridgehead atoms. The topological polar surface area (TPSA) is 67.8 Å². The summed E-state index contributed by atoms with van der Waals surface area (Å²) in [6.45, 7) is 0. The molecular formula is C25H24N2O3. The zero-order valence-electron chi connectivity index (χ0n) is 16.6. The average molecular weight is 400 g/mol. The number of carbonyl (C=O) groups excluding carboxylic acids is 2. The molecule has 0 saturated heterocycles. The van der Waals surface area contributed by atoms with E-state index in [9.17, 15) is 9.59 Å². The van der Waals surface area contributed by atoms with Crippen LogP contribution in [0.5, 0.6) is 0 Å². The fourth-order valence-corrected chi connectivity index (χ4v) is 2.96. The van der Waals surface area contributed by atoms with Gasteiger partial charge in [0.05, 0.1) is 0 Å². The van der Waals surface area contributed by atoms with Gasteiger partial charge >= 0.3 is 5.97 Å². The predicted octanol–water partition coefficient (Wildman–Crippen LogP) is 4.19. The Hall–Kier alpha value is -3.73. The third kappa shape index (κ3) is 6.71. The summed E-state index contributed by atoms with van der Waals surface area (Å²) in [4.78, 5) is 30.2. The number of hydrogen-bond acceptors (Lipinski definition) is 4. The lowest BCUT2D eigenvalue weighted by Gasteiger charge is -2.16. The summed E-state index contributed by atoms with van der Waals surface area (Å²) < 4.78 is 0. The first-order chi connectivity index (χ1) is 14.7. The maximum atomic E-state index is 12.6. The Kier molecular flexibility index (Phi) is 7.92. The van der Waals surface area contributed by atoms with Gasteiger partial charge in [-0.25, -0.2) is 4.79 Å². The van der Waals surface area contributed by atoms with Crippen molar-refractivity contribution in [3.8, 4) is 0 Å². The largest absolute Gasteiger partial charge is 0.357 e. The second kappa shape index (κ2) is 11.3. The van der Waals surface area contributed by atoms with Crippen LogP contribution in [0.3, 0.4) is 0 Å². The summed E-state index contributed by atoms with van der Waals surface area (Å²) in [7, 11) is 0. The summed E-state index contributed by atoms with van der Waals surface area (Å²) in [6.07, 6.45) is 3.35. The smallest absolute Gasteiger partial charge is 0.338 e. The number of carbonyl (C=O) groups is 2. The Morgan fingerprint density at radius 2 is 1.40 bits per heavy atom. The monoisotopic (exact) mass is 400 g/mol. The van der Waals surface area contributed by atoms with E-state index in [1.54, 1.807) is 30.5 Å². The molecule has 0 radical (unpaired) electrons. The molecule has 0 aromatic heterocycles. The molecule has 3 rings (SSSR count). The van der Waals surface area contributed by atoms with Gasteiger partial charge in [-0.1, -0.05) is 84.0 Å². The average Bonchev–Trinajstić information content (AvgIpc) is 2.80. The summed E-state index contributed by atoms with van der Waals surface area (Å²) in [5, 5.41) is 6.56. The number of benzene rings is 3. The molecule has 0 aliphatic carbocycles. The molecule has 3 aromatic carbocycles. The van der Waals surface area contributed by atoms with E-state index < -0.39 is 12.0 Å². The van der Waals surface area contributed by atoms with Crippen LogP contribution in [0.15, 0.2) is 96.2 Å². The van der Waals surface area contributed by atoms with E-state index in [1.165, 1.54) is 5.56 Å². The molecule has 0 heterocycles. The van der Waals surface area contributed by atoms with E-state index in [0.29, 0.717) is 18.4 Å². The maximum absolute atomic E-state index is 12.6. The van der Waals surface area contributed by atoms with Crippen molar-refractivity contribution in [3.63, 3.8) is 0 Å². The normalized spacial score (nSPS) is 11.7. The van der Waals surface area contributed by atoms with Crippen LogP contribution in [-0.4, -0.2) is 24.1 Å². The van der Waals surface area contributed by atoms with Gasteiger partial charge in [0.25, 0.3) is 5.91 Å².